The first-order valence-electron chi connectivity index (χ1n) is 5.75. The first-order valence-corrected chi connectivity index (χ1v) is 5.75. The molecule has 2 nitrogen and oxygen atoms in total. The quantitative estimate of drug-likeness (QED) is 0.713. The predicted octanol–water partition coefficient (Wildman–Crippen LogP) is 3.13. The minimum atomic E-state index is -0.374. The molecule has 0 bridgehead atoms. The monoisotopic (exact) mass is 218 g/mol. The van der Waals surface area contributed by atoms with Crippen molar-refractivity contribution in [3.63, 3.8) is 0 Å². The Bertz CT molecular complexity index is 375. The summed E-state index contributed by atoms with van der Waals surface area (Å²) < 4.78 is 5.37. The fraction of sp³-hybridized carbons (Fsp3) is 0.500. The second kappa shape index (κ2) is 3.93. The van der Waals surface area contributed by atoms with Crippen molar-refractivity contribution in [2.45, 2.75) is 38.7 Å². The Morgan fingerprint density at radius 1 is 1.25 bits per heavy atom. The Hall–Kier alpha value is -1.31. The van der Waals surface area contributed by atoms with Gasteiger partial charge in [0.2, 0.25) is 0 Å². The van der Waals surface area contributed by atoms with E-state index in [1.807, 2.05) is 39.0 Å². The van der Waals surface area contributed by atoms with Crippen molar-refractivity contribution < 1.29 is 9.53 Å². The Kier molecular flexibility index (Phi) is 2.75. The second-order valence-electron chi connectivity index (χ2n) is 5.39. The van der Waals surface area contributed by atoms with E-state index in [0.29, 0.717) is 5.92 Å². The van der Waals surface area contributed by atoms with Gasteiger partial charge in [-0.1, -0.05) is 30.3 Å². The summed E-state index contributed by atoms with van der Waals surface area (Å²) in [5.41, 5.74) is 0.874. The van der Waals surface area contributed by atoms with E-state index >= 15 is 0 Å². The van der Waals surface area contributed by atoms with Crippen LogP contribution in [0.4, 0.5) is 0 Å². The molecular formula is C14H18O2. The van der Waals surface area contributed by atoms with Crippen LogP contribution in [0.1, 0.15) is 38.7 Å². The highest BCUT2D eigenvalue weighted by Crippen LogP contribution is 2.48. The third-order valence-corrected chi connectivity index (χ3v) is 2.73. The molecule has 1 aromatic carbocycles. The van der Waals surface area contributed by atoms with E-state index in [9.17, 15) is 4.79 Å². The largest absolute Gasteiger partial charge is 0.460 e. The lowest BCUT2D eigenvalue weighted by Crippen LogP contribution is -2.25. The van der Waals surface area contributed by atoms with Gasteiger partial charge in [-0.05, 0) is 38.7 Å². The lowest BCUT2D eigenvalue weighted by molar-refractivity contribution is -0.156. The molecule has 0 heterocycles. The van der Waals surface area contributed by atoms with E-state index < -0.39 is 0 Å². The zero-order valence-corrected chi connectivity index (χ0v) is 10.1. The van der Waals surface area contributed by atoms with Crippen molar-refractivity contribution in [1.82, 2.24) is 0 Å². The van der Waals surface area contributed by atoms with E-state index in [2.05, 4.69) is 12.1 Å². The molecule has 0 aromatic heterocycles. The smallest absolute Gasteiger partial charge is 0.310 e. The van der Waals surface area contributed by atoms with Crippen LogP contribution in [0.25, 0.3) is 0 Å². The fourth-order valence-electron chi connectivity index (χ4n) is 1.90. The van der Waals surface area contributed by atoms with Crippen LogP contribution in [0.5, 0.6) is 0 Å². The molecule has 1 fully saturated rings. The van der Waals surface area contributed by atoms with Crippen LogP contribution in [-0.4, -0.2) is 11.6 Å². The molecule has 2 heteroatoms. The number of hydrogen-bond donors (Lipinski definition) is 0. The normalized spacial score (nSPS) is 23.9. The highest BCUT2D eigenvalue weighted by molar-refractivity contribution is 5.77. The standard InChI is InChI=1S/C14H18O2/c1-14(2,3)16-13(15)12-9-11(12)10-7-5-4-6-8-10/h4-8,11-12H,9H2,1-3H3/t11-,12-/m0/s1. The van der Waals surface area contributed by atoms with Gasteiger partial charge in [0.1, 0.15) is 5.60 Å². The Morgan fingerprint density at radius 3 is 2.44 bits per heavy atom. The summed E-state index contributed by atoms with van der Waals surface area (Å²) in [6, 6.07) is 10.2. The summed E-state index contributed by atoms with van der Waals surface area (Å²) in [6.45, 7) is 5.72. The van der Waals surface area contributed by atoms with Gasteiger partial charge in [-0.15, -0.1) is 0 Å². The maximum absolute atomic E-state index is 11.8. The van der Waals surface area contributed by atoms with Gasteiger partial charge in [0, 0.05) is 0 Å². The molecule has 2 rings (SSSR count). The van der Waals surface area contributed by atoms with Gasteiger partial charge in [0.25, 0.3) is 0 Å². The Balaban J connectivity index is 1.95. The highest BCUT2D eigenvalue weighted by atomic mass is 16.6. The maximum Gasteiger partial charge on any atom is 0.310 e. The van der Waals surface area contributed by atoms with E-state index in [0.717, 1.165) is 6.42 Å². The minimum Gasteiger partial charge on any atom is -0.460 e. The van der Waals surface area contributed by atoms with Crippen molar-refractivity contribution in [3.05, 3.63) is 35.9 Å². The molecule has 0 N–H and O–H groups in total. The van der Waals surface area contributed by atoms with Crippen molar-refractivity contribution in [2.24, 2.45) is 5.92 Å². The van der Waals surface area contributed by atoms with Crippen LogP contribution in [0.2, 0.25) is 0 Å². The Labute approximate surface area is 96.6 Å². The second-order valence-corrected chi connectivity index (χ2v) is 5.39. The number of rotatable bonds is 2. The lowest BCUT2D eigenvalue weighted by Gasteiger charge is -2.19. The Morgan fingerprint density at radius 2 is 1.88 bits per heavy atom. The zero-order chi connectivity index (χ0) is 11.8. The van der Waals surface area contributed by atoms with Crippen LogP contribution in [0, 0.1) is 5.92 Å². The molecule has 0 aliphatic heterocycles. The third-order valence-electron chi connectivity index (χ3n) is 2.73. The first-order chi connectivity index (χ1) is 7.47. The molecule has 86 valence electrons. The minimum absolute atomic E-state index is 0.0543. The van der Waals surface area contributed by atoms with Crippen molar-refractivity contribution in [1.29, 1.82) is 0 Å². The van der Waals surface area contributed by atoms with Gasteiger partial charge < -0.3 is 4.74 Å². The summed E-state index contributed by atoms with van der Waals surface area (Å²) in [4.78, 5) is 11.8. The molecule has 1 aliphatic rings. The number of benzene rings is 1. The number of carbonyl (C=O) groups is 1. The molecule has 0 amide bonds. The van der Waals surface area contributed by atoms with Crippen LogP contribution < -0.4 is 0 Å². The third kappa shape index (κ3) is 2.63. The fourth-order valence-corrected chi connectivity index (χ4v) is 1.90. The molecule has 0 radical (unpaired) electrons. The van der Waals surface area contributed by atoms with Gasteiger partial charge in [0.15, 0.2) is 0 Å². The molecule has 1 saturated carbocycles. The molecule has 0 unspecified atom stereocenters. The highest BCUT2D eigenvalue weighted by Gasteiger charge is 2.46. The van der Waals surface area contributed by atoms with Gasteiger partial charge in [-0.2, -0.15) is 0 Å². The van der Waals surface area contributed by atoms with Crippen molar-refractivity contribution >= 4 is 5.97 Å². The molecule has 1 aromatic rings. The summed E-state index contributed by atoms with van der Waals surface area (Å²) in [6.07, 6.45) is 0.929. The average molecular weight is 218 g/mol. The topological polar surface area (TPSA) is 26.3 Å². The summed E-state index contributed by atoms with van der Waals surface area (Å²) in [7, 11) is 0. The molecule has 0 spiro atoms. The zero-order valence-electron chi connectivity index (χ0n) is 10.1. The molecule has 16 heavy (non-hydrogen) atoms. The van der Waals surface area contributed by atoms with Crippen molar-refractivity contribution in [3.8, 4) is 0 Å². The molecular weight excluding hydrogens is 200 g/mol. The van der Waals surface area contributed by atoms with Gasteiger partial charge >= 0.3 is 5.97 Å². The van der Waals surface area contributed by atoms with Crippen molar-refractivity contribution in [2.75, 3.05) is 0 Å². The van der Waals surface area contributed by atoms with E-state index in [1.165, 1.54) is 5.56 Å². The van der Waals surface area contributed by atoms with Crippen LogP contribution in [-0.2, 0) is 9.53 Å². The predicted molar refractivity (Wildman–Crippen MR) is 63.1 cm³/mol. The molecule has 2 atom stereocenters. The number of hydrogen-bond acceptors (Lipinski definition) is 2. The van der Waals surface area contributed by atoms with Crippen LogP contribution >= 0.6 is 0 Å². The van der Waals surface area contributed by atoms with Crippen LogP contribution in [0.15, 0.2) is 30.3 Å². The lowest BCUT2D eigenvalue weighted by atomic mass is 10.1. The first kappa shape index (κ1) is 11.2. The van der Waals surface area contributed by atoms with Gasteiger partial charge in [0.05, 0.1) is 5.92 Å². The van der Waals surface area contributed by atoms with E-state index in [1.54, 1.807) is 0 Å². The average Bonchev–Trinajstić information content (AvgIpc) is 2.96. The SMILES string of the molecule is CC(C)(C)OC(=O)[C@H]1C[C@H]1c1ccccc1. The number of carbonyl (C=O) groups excluding carboxylic acids is 1. The van der Waals surface area contributed by atoms with Crippen LogP contribution in [0.3, 0.4) is 0 Å². The summed E-state index contributed by atoms with van der Waals surface area (Å²) >= 11 is 0. The summed E-state index contributed by atoms with van der Waals surface area (Å²) in [5.74, 6) is 0.388. The number of esters is 1. The number of ether oxygens (including phenoxy) is 1. The van der Waals surface area contributed by atoms with Gasteiger partial charge in [-0.25, -0.2) is 0 Å². The van der Waals surface area contributed by atoms with E-state index in [4.69, 9.17) is 4.74 Å². The molecule has 1 aliphatic carbocycles. The molecule has 0 saturated heterocycles. The maximum atomic E-state index is 11.8. The van der Waals surface area contributed by atoms with Gasteiger partial charge in [-0.3, -0.25) is 4.79 Å². The van der Waals surface area contributed by atoms with E-state index in [-0.39, 0.29) is 17.5 Å². The summed E-state index contributed by atoms with van der Waals surface area (Å²) in [5, 5.41) is 0.